The second-order valence-electron chi connectivity index (χ2n) is 9.49. The number of benzene rings is 4. The van der Waals surface area contributed by atoms with Crippen molar-refractivity contribution >= 4 is 5.57 Å². The summed E-state index contributed by atoms with van der Waals surface area (Å²) < 4.78 is 28.2. The van der Waals surface area contributed by atoms with Crippen LogP contribution in [-0.2, 0) is 5.41 Å². The van der Waals surface area contributed by atoms with E-state index in [0.29, 0.717) is 39.1 Å². The Morgan fingerprint density at radius 2 is 1.15 bits per heavy atom. The highest BCUT2D eigenvalue weighted by molar-refractivity contribution is 5.89. The third kappa shape index (κ3) is 4.17. The molecule has 9 heteroatoms. The number of ether oxygens (including phenoxy) is 5. The van der Waals surface area contributed by atoms with Gasteiger partial charge in [-0.1, -0.05) is 18.2 Å². The van der Waals surface area contributed by atoms with Crippen LogP contribution in [0.3, 0.4) is 0 Å². The molecule has 1 aliphatic heterocycles. The van der Waals surface area contributed by atoms with E-state index in [1.807, 2.05) is 0 Å². The van der Waals surface area contributed by atoms with Crippen molar-refractivity contribution in [2.45, 2.75) is 12.3 Å². The van der Waals surface area contributed by atoms with E-state index < -0.39 is 5.41 Å². The zero-order valence-electron chi connectivity index (χ0n) is 23.2. The lowest BCUT2D eigenvalue weighted by atomic mass is 9.62. The average Bonchev–Trinajstić information content (AvgIpc) is 2.99. The van der Waals surface area contributed by atoms with Crippen LogP contribution in [0.2, 0.25) is 0 Å². The maximum absolute atomic E-state index is 10.8. The summed E-state index contributed by atoms with van der Waals surface area (Å²) in [5.41, 5.74) is 2.44. The standard InChI is InChI=1S/C32H30O9/c1-17-24(34)11-10-22-31(17)41-16-23(18-12-25(37-2)29(35)26(13-18)38-3)32(22,19-6-8-21(33)9-7-19)20-14-27(39-4)30(36)28(15-20)40-5/h6-16,33-36H,1-5H3. The molecule has 4 aromatic rings. The molecule has 212 valence electrons. The summed E-state index contributed by atoms with van der Waals surface area (Å²) in [5.74, 6) is 0.883. The van der Waals surface area contributed by atoms with Crippen molar-refractivity contribution in [3.05, 3.63) is 94.7 Å². The maximum atomic E-state index is 10.8. The summed E-state index contributed by atoms with van der Waals surface area (Å²) in [6.07, 6.45) is 1.57. The van der Waals surface area contributed by atoms with Gasteiger partial charge in [0.1, 0.15) is 17.2 Å². The van der Waals surface area contributed by atoms with Crippen molar-refractivity contribution in [1.29, 1.82) is 0 Å². The first-order valence-electron chi connectivity index (χ1n) is 12.6. The van der Waals surface area contributed by atoms with Gasteiger partial charge in [-0.25, -0.2) is 0 Å². The Labute approximate surface area is 237 Å². The van der Waals surface area contributed by atoms with Gasteiger partial charge >= 0.3 is 0 Å². The van der Waals surface area contributed by atoms with Crippen LogP contribution in [0.15, 0.2) is 66.9 Å². The molecule has 0 saturated carbocycles. The van der Waals surface area contributed by atoms with Crippen LogP contribution in [0, 0.1) is 6.92 Å². The van der Waals surface area contributed by atoms with Crippen molar-refractivity contribution in [3.8, 4) is 51.7 Å². The molecule has 9 nitrogen and oxygen atoms in total. The Hall–Kier alpha value is -5.18. The van der Waals surface area contributed by atoms with Crippen LogP contribution < -0.4 is 23.7 Å². The van der Waals surface area contributed by atoms with E-state index in [9.17, 15) is 20.4 Å². The molecule has 41 heavy (non-hydrogen) atoms. The maximum Gasteiger partial charge on any atom is 0.200 e. The van der Waals surface area contributed by atoms with Crippen LogP contribution in [0.1, 0.15) is 27.8 Å². The Morgan fingerprint density at radius 1 is 0.634 bits per heavy atom. The lowest BCUT2D eigenvalue weighted by Gasteiger charge is -2.42. The SMILES string of the molecule is COc1cc(C2=COc3c(ccc(O)c3C)C2(c2ccc(O)cc2)c2cc(OC)c(O)c(OC)c2)cc(OC)c1O. The van der Waals surface area contributed by atoms with E-state index in [2.05, 4.69) is 0 Å². The number of rotatable bonds is 7. The number of phenolic OH excluding ortho intramolecular Hbond substituents is 4. The molecule has 4 aromatic carbocycles. The quantitative estimate of drug-likeness (QED) is 0.229. The third-order valence-corrected chi connectivity index (χ3v) is 7.48. The highest BCUT2D eigenvalue weighted by Gasteiger charge is 2.47. The molecule has 0 radical (unpaired) electrons. The van der Waals surface area contributed by atoms with Gasteiger partial charge in [0.2, 0.25) is 11.5 Å². The molecule has 1 heterocycles. The van der Waals surface area contributed by atoms with E-state index in [1.54, 1.807) is 73.8 Å². The fourth-order valence-corrected chi connectivity index (χ4v) is 5.42. The van der Waals surface area contributed by atoms with Gasteiger partial charge < -0.3 is 44.1 Å². The topological polar surface area (TPSA) is 127 Å². The molecule has 0 fully saturated rings. The highest BCUT2D eigenvalue weighted by Crippen LogP contribution is 2.58. The van der Waals surface area contributed by atoms with Gasteiger partial charge in [0.15, 0.2) is 23.0 Å². The summed E-state index contributed by atoms with van der Waals surface area (Å²) in [5, 5.41) is 42.3. The molecule has 1 unspecified atom stereocenters. The first-order valence-corrected chi connectivity index (χ1v) is 12.6. The molecule has 1 atom stereocenters. The molecule has 1 aliphatic rings. The second kappa shape index (κ2) is 10.4. The summed E-state index contributed by atoms with van der Waals surface area (Å²) >= 11 is 0. The van der Waals surface area contributed by atoms with Crippen molar-refractivity contribution in [1.82, 2.24) is 0 Å². The Kier molecular flexibility index (Phi) is 6.96. The van der Waals surface area contributed by atoms with E-state index in [4.69, 9.17) is 23.7 Å². The molecular formula is C32H30O9. The second-order valence-corrected chi connectivity index (χ2v) is 9.49. The van der Waals surface area contributed by atoms with Crippen LogP contribution in [0.4, 0.5) is 0 Å². The fourth-order valence-electron chi connectivity index (χ4n) is 5.42. The molecule has 4 N–H and O–H groups in total. The predicted octanol–water partition coefficient (Wildman–Crippen LogP) is 5.62. The number of fused-ring (bicyclic) bond motifs is 1. The summed E-state index contributed by atoms with van der Waals surface area (Å²) in [4.78, 5) is 0. The largest absolute Gasteiger partial charge is 0.508 e. The number of phenols is 4. The molecule has 0 saturated heterocycles. The first kappa shape index (κ1) is 27.4. The summed E-state index contributed by atoms with van der Waals surface area (Å²) in [6.45, 7) is 1.75. The van der Waals surface area contributed by atoms with E-state index in [1.165, 1.54) is 28.4 Å². The lowest BCUT2D eigenvalue weighted by Crippen LogP contribution is -2.34. The van der Waals surface area contributed by atoms with Gasteiger partial charge in [-0.2, -0.15) is 0 Å². The smallest absolute Gasteiger partial charge is 0.200 e. The van der Waals surface area contributed by atoms with Gasteiger partial charge in [-0.15, -0.1) is 0 Å². The van der Waals surface area contributed by atoms with Gasteiger partial charge in [0.05, 0.1) is 40.1 Å². The Morgan fingerprint density at radius 3 is 1.66 bits per heavy atom. The van der Waals surface area contributed by atoms with E-state index in [-0.39, 0.29) is 46.0 Å². The number of aromatic hydroxyl groups is 4. The minimum atomic E-state index is -1.21. The average molecular weight is 559 g/mol. The molecule has 0 bridgehead atoms. The Bertz CT molecular complexity index is 1610. The summed E-state index contributed by atoms with van der Waals surface area (Å²) in [6, 6.07) is 16.8. The van der Waals surface area contributed by atoms with Crippen LogP contribution in [-0.4, -0.2) is 48.9 Å². The van der Waals surface area contributed by atoms with Crippen molar-refractivity contribution < 1.29 is 44.1 Å². The number of hydrogen-bond acceptors (Lipinski definition) is 9. The zero-order chi connectivity index (χ0) is 29.5. The highest BCUT2D eigenvalue weighted by atomic mass is 16.5. The van der Waals surface area contributed by atoms with Crippen molar-refractivity contribution in [2.24, 2.45) is 0 Å². The zero-order valence-corrected chi connectivity index (χ0v) is 23.2. The lowest BCUT2D eigenvalue weighted by molar-refractivity contribution is 0.338. The summed E-state index contributed by atoms with van der Waals surface area (Å²) in [7, 11) is 5.76. The minimum Gasteiger partial charge on any atom is -0.508 e. The monoisotopic (exact) mass is 558 g/mol. The van der Waals surface area contributed by atoms with Gasteiger partial charge in [0.25, 0.3) is 0 Å². The van der Waals surface area contributed by atoms with Crippen LogP contribution >= 0.6 is 0 Å². The number of methoxy groups -OCH3 is 4. The van der Waals surface area contributed by atoms with Crippen LogP contribution in [0.5, 0.6) is 51.7 Å². The van der Waals surface area contributed by atoms with Crippen molar-refractivity contribution in [2.75, 3.05) is 28.4 Å². The predicted molar refractivity (Wildman–Crippen MR) is 152 cm³/mol. The van der Waals surface area contributed by atoms with Crippen LogP contribution in [0.25, 0.3) is 5.57 Å². The third-order valence-electron chi connectivity index (χ3n) is 7.48. The molecule has 5 rings (SSSR count). The molecule has 0 aromatic heterocycles. The molecular weight excluding hydrogens is 528 g/mol. The fraction of sp³-hybridized carbons (Fsp3) is 0.188. The molecule has 0 amide bonds. The Balaban J connectivity index is 2.00. The van der Waals surface area contributed by atoms with Crippen molar-refractivity contribution in [3.63, 3.8) is 0 Å². The van der Waals surface area contributed by atoms with E-state index >= 15 is 0 Å². The van der Waals surface area contributed by atoms with E-state index in [0.717, 1.165) is 0 Å². The number of allylic oxidation sites excluding steroid dienone is 1. The molecule has 0 aliphatic carbocycles. The van der Waals surface area contributed by atoms with Gasteiger partial charge in [-0.05, 0) is 66.1 Å². The molecule has 0 spiro atoms. The number of hydrogen-bond donors (Lipinski definition) is 4. The minimum absolute atomic E-state index is 0.0500. The first-order chi connectivity index (χ1) is 19.7. The van der Waals surface area contributed by atoms with Gasteiger partial charge in [0, 0.05) is 16.7 Å². The van der Waals surface area contributed by atoms with Gasteiger partial charge in [-0.3, -0.25) is 0 Å². The normalized spacial score (nSPS) is 15.8.